The summed E-state index contributed by atoms with van der Waals surface area (Å²) < 4.78 is 38.0. The summed E-state index contributed by atoms with van der Waals surface area (Å²) in [4.78, 5) is 43.8. The molecule has 10 nitrogen and oxygen atoms in total. The molecule has 2 aromatic carbocycles. The average molecular weight is 655 g/mol. The van der Waals surface area contributed by atoms with Crippen molar-refractivity contribution in [3.63, 3.8) is 0 Å². The second kappa shape index (κ2) is 15.0. The number of hydrogen-bond acceptors (Lipinski definition) is 7. The molecule has 1 aliphatic rings. The third kappa shape index (κ3) is 7.16. The number of rotatable bonds is 12. The molecule has 0 atom stereocenters. The lowest BCUT2D eigenvalue weighted by Gasteiger charge is -2.30. The Kier molecular flexibility index (Phi) is 10.9. The van der Waals surface area contributed by atoms with E-state index in [0.717, 1.165) is 41.8 Å². The van der Waals surface area contributed by atoms with Gasteiger partial charge in [0.2, 0.25) is 0 Å². The van der Waals surface area contributed by atoms with E-state index in [9.17, 15) is 23.2 Å². The van der Waals surface area contributed by atoms with Crippen LogP contribution in [0.1, 0.15) is 44.2 Å². The third-order valence-corrected chi connectivity index (χ3v) is 9.34. The summed E-state index contributed by atoms with van der Waals surface area (Å²) in [5, 5.41) is 7.58. The number of ether oxygens (including phenoxy) is 1. The molecule has 1 aliphatic heterocycles. The number of aromatic nitrogens is 2. The number of carbonyl (C=O) groups is 1. The lowest BCUT2D eigenvalue weighted by Crippen LogP contribution is -2.54. The molecule has 4 aromatic rings. The van der Waals surface area contributed by atoms with Crippen molar-refractivity contribution >= 4 is 33.3 Å². The molecule has 2 amide bonds. The van der Waals surface area contributed by atoms with Crippen LogP contribution in [0.3, 0.4) is 0 Å². The molecule has 0 bridgehead atoms. The molecule has 2 N–H and O–H groups in total. The number of halogens is 2. The largest absolute Gasteiger partial charge is 0.380 e. The van der Waals surface area contributed by atoms with Gasteiger partial charge < -0.3 is 20.4 Å². The van der Waals surface area contributed by atoms with Crippen LogP contribution in [-0.2, 0) is 17.8 Å². The molecule has 0 radical (unpaired) electrons. The van der Waals surface area contributed by atoms with Crippen LogP contribution in [0, 0.1) is 11.6 Å². The zero-order valence-corrected chi connectivity index (χ0v) is 27.2. The minimum Gasteiger partial charge on any atom is -0.380 e. The quantitative estimate of drug-likeness (QED) is 0.210. The highest BCUT2D eigenvalue weighted by Gasteiger charge is 2.27. The normalized spacial score (nSPS) is 13.5. The maximum absolute atomic E-state index is 15.0. The van der Waals surface area contributed by atoms with Crippen molar-refractivity contribution in [2.24, 2.45) is 0 Å². The number of piperidine rings is 1. The first-order valence-electron chi connectivity index (χ1n) is 15.6. The number of carbonyl (C=O) groups excluding carboxylic acids is 1. The summed E-state index contributed by atoms with van der Waals surface area (Å²) >= 11 is 1.25. The molecule has 13 heteroatoms. The Labute approximate surface area is 270 Å². The highest BCUT2D eigenvalue weighted by Crippen LogP contribution is 2.38. The van der Waals surface area contributed by atoms with Gasteiger partial charge in [0.25, 0.3) is 5.56 Å². The van der Waals surface area contributed by atoms with Crippen molar-refractivity contribution in [3.05, 3.63) is 86.1 Å². The van der Waals surface area contributed by atoms with Gasteiger partial charge in [-0.05, 0) is 75.5 Å². The number of hydrogen-bond donors (Lipinski definition) is 2. The van der Waals surface area contributed by atoms with E-state index < -0.39 is 22.9 Å². The van der Waals surface area contributed by atoms with Gasteiger partial charge in [0.15, 0.2) is 0 Å². The van der Waals surface area contributed by atoms with Crippen LogP contribution >= 0.6 is 11.3 Å². The molecule has 0 aliphatic carbocycles. The van der Waals surface area contributed by atoms with Gasteiger partial charge in [0, 0.05) is 55.5 Å². The SMILES string of the molecule is CCNC(=O)Nc1ccc(-c2sc3c(c2CN(C)CCOCC)c(=O)n(N2CCCCC2)c(=O)n3Cc2c(F)cccc2F)cc1. The standard InChI is InChI=1S/C33H40F2N6O4S/c1-4-36-32(43)37-23-14-12-22(13-15-23)29-25(20-38(3)18-19-45-5-2)28-30(42)41(39-16-7-6-8-17-39)33(44)40(31(28)46-29)21-24-26(34)10-9-11-27(24)35/h9-15H,4-8,16-21H2,1-3H3,(H2,36,37,43). The second-order valence-electron chi connectivity index (χ2n) is 11.3. The number of nitrogens with one attached hydrogen (secondary N) is 2. The lowest BCUT2D eigenvalue weighted by atomic mass is 10.1. The predicted molar refractivity (Wildman–Crippen MR) is 179 cm³/mol. The molecule has 1 saturated heterocycles. The monoisotopic (exact) mass is 654 g/mol. The summed E-state index contributed by atoms with van der Waals surface area (Å²) in [7, 11) is 1.93. The fourth-order valence-electron chi connectivity index (χ4n) is 5.70. The number of anilines is 1. The number of nitrogens with zero attached hydrogens (tertiary/aromatic N) is 4. The highest BCUT2D eigenvalue weighted by atomic mass is 32.1. The van der Waals surface area contributed by atoms with Gasteiger partial charge in [-0.25, -0.2) is 18.4 Å². The fourth-order valence-corrected chi connectivity index (χ4v) is 7.01. The zero-order valence-electron chi connectivity index (χ0n) is 26.4. The number of fused-ring (bicyclic) bond motifs is 1. The fraction of sp³-hybridized carbons (Fsp3) is 0.424. The number of thiophene rings is 1. The third-order valence-electron chi connectivity index (χ3n) is 8.04. The molecule has 0 unspecified atom stereocenters. The molecule has 0 saturated carbocycles. The van der Waals surface area contributed by atoms with Gasteiger partial charge in [0.05, 0.1) is 18.5 Å². The summed E-state index contributed by atoms with van der Waals surface area (Å²) in [5.41, 5.74) is 0.745. The molecule has 2 aromatic heterocycles. The second-order valence-corrected chi connectivity index (χ2v) is 12.3. The van der Waals surface area contributed by atoms with Crippen LogP contribution in [-0.4, -0.2) is 66.6 Å². The van der Waals surface area contributed by atoms with Crippen LogP contribution in [0.5, 0.6) is 0 Å². The van der Waals surface area contributed by atoms with E-state index in [-0.39, 0.29) is 18.1 Å². The Bertz CT molecular complexity index is 1780. The number of amides is 2. The lowest BCUT2D eigenvalue weighted by molar-refractivity contribution is 0.120. The smallest absolute Gasteiger partial charge is 0.351 e. The van der Waals surface area contributed by atoms with Crippen LogP contribution in [0.15, 0.2) is 52.1 Å². The Hall–Kier alpha value is -4.07. The number of benzene rings is 2. The molecular weight excluding hydrogens is 614 g/mol. The van der Waals surface area contributed by atoms with Crippen LogP contribution < -0.4 is 26.9 Å². The summed E-state index contributed by atoms with van der Waals surface area (Å²) in [6.45, 7) is 6.95. The molecule has 0 spiro atoms. The minimum absolute atomic E-state index is 0.249. The van der Waals surface area contributed by atoms with Crippen LogP contribution in [0.25, 0.3) is 20.7 Å². The van der Waals surface area contributed by atoms with Gasteiger partial charge in [-0.2, -0.15) is 4.68 Å². The molecule has 3 heterocycles. The first-order chi connectivity index (χ1) is 22.2. The van der Waals surface area contributed by atoms with E-state index >= 15 is 0 Å². The Morgan fingerprint density at radius 1 is 1.00 bits per heavy atom. The average Bonchev–Trinajstić information content (AvgIpc) is 3.40. The van der Waals surface area contributed by atoms with E-state index in [4.69, 9.17) is 4.74 Å². The predicted octanol–water partition coefficient (Wildman–Crippen LogP) is 4.95. The van der Waals surface area contributed by atoms with Gasteiger partial charge in [-0.1, -0.05) is 18.2 Å². The van der Waals surface area contributed by atoms with Crippen LogP contribution in [0.4, 0.5) is 19.3 Å². The maximum atomic E-state index is 15.0. The van der Waals surface area contributed by atoms with E-state index in [1.807, 2.05) is 37.9 Å². The number of urea groups is 1. The van der Waals surface area contributed by atoms with Crippen molar-refractivity contribution in [2.75, 3.05) is 56.8 Å². The van der Waals surface area contributed by atoms with Gasteiger partial charge in [-0.15, -0.1) is 11.3 Å². The molecular formula is C33H40F2N6O4S. The molecule has 1 fully saturated rings. The van der Waals surface area contributed by atoms with Crippen molar-refractivity contribution < 1.29 is 18.3 Å². The Morgan fingerprint density at radius 3 is 2.35 bits per heavy atom. The Balaban J connectivity index is 1.72. The van der Waals surface area contributed by atoms with E-state index in [0.29, 0.717) is 67.4 Å². The molecule has 46 heavy (non-hydrogen) atoms. The highest BCUT2D eigenvalue weighted by molar-refractivity contribution is 7.22. The summed E-state index contributed by atoms with van der Waals surface area (Å²) in [5.74, 6) is -1.53. The van der Waals surface area contributed by atoms with Crippen LogP contribution in [0.2, 0.25) is 0 Å². The van der Waals surface area contributed by atoms with Gasteiger partial charge in [0.1, 0.15) is 16.5 Å². The first kappa shape index (κ1) is 33.3. The van der Waals surface area contributed by atoms with Crippen molar-refractivity contribution in [1.82, 2.24) is 19.5 Å². The van der Waals surface area contributed by atoms with E-state index in [1.165, 1.54) is 26.6 Å². The summed E-state index contributed by atoms with van der Waals surface area (Å²) in [6, 6.07) is 10.5. The minimum atomic E-state index is -0.765. The van der Waals surface area contributed by atoms with Crippen molar-refractivity contribution in [1.29, 1.82) is 0 Å². The van der Waals surface area contributed by atoms with Crippen molar-refractivity contribution in [2.45, 2.75) is 46.2 Å². The van der Waals surface area contributed by atoms with E-state index in [2.05, 4.69) is 10.6 Å². The maximum Gasteiger partial charge on any atom is 0.351 e. The van der Waals surface area contributed by atoms with Crippen molar-refractivity contribution in [3.8, 4) is 10.4 Å². The molecule has 246 valence electrons. The van der Waals surface area contributed by atoms with Gasteiger partial charge in [-0.3, -0.25) is 14.3 Å². The molecule has 5 rings (SSSR count). The number of likely N-dealkylation sites (N-methyl/N-ethyl adjacent to an activating group) is 1. The Morgan fingerprint density at radius 2 is 1.70 bits per heavy atom. The topological polar surface area (TPSA) is 101 Å². The van der Waals surface area contributed by atoms with E-state index in [1.54, 1.807) is 17.1 Å². The first-order valence-corrected chi connectivity index (χ1v) is 16.5. The van der Waals surface area contributed by atoms with Gasteiger partial charge >= 0.3 is 11.7 Å². The summed E-state index contributed by atoms with van der Waals surface area (Å²) in [6.07, 6.45) is 2.64. The zero-order chi connectivity index (χ0) is 32.8.